The maximum absolute atomic E-state index is 4.75. The van der Waals surface area contributed by atoms with Crippen molar-refractivity contribution < 1.29 is 0 Å². The van der Waals surface area contributed by atoms with E-state index < -0.39 is 0 Å². The van der Waals surface area contributed by atoms with Gasteiger partial charge in [0.05, 0.1) is 5.52 Å². The van der Waals surface area contributed by atoms with Crippen molar-refractivity contribution in [2.24, 2.45) is 10.1 Å². The van der Waals surface area contributed by atoms with Gasteiger partial charge in [0.15, 0.2) is 5.49 Å². The molecule has 0 saturated carbocycles. The molecule has 0 radical (unpaired) electrons. The molecule has 0 fully saturated rings. The maximum atomic E-state index is 4.75. The summed E-state index contributed by atoms with van der Waals surface area (Å²) in [4.78, 5) is 8.94. The number of rotatable bonds is 6. The number of hydrogen-bond donors (Lipinski definition) is 0. The van der Waals surface area contributed by atoms with Crippen molar-refractivity contribution in [2.45, 2.75) is 12.8 Å². The SMILES string of the molecule is C=Cn1cc(C2=CC=CN=CC2)cc/c1=N/N(C)CCc1ccc2ccccc2n1. The standard InChI is InChI=1S/C25H25N5/c1-3-30-19-22(20-8-6-16-26-17-14-20)11-13-25(30)28-29(2)18-15-23-12-10-21-7-4-5-9-24(21)27-23/h3-13,16-17,19H,1,14-15,18H2,2H3/b28-25-. The number of pyridine rings is 2. The number of likely N-dealkylation sites (N-methyl/N-ethyl adjacent to an activating group) is 1. The molecule has 2 aromatic heterocycles. The summed E-state index contributed by atoms with van der Waals surface area (Å²) in [5.41, 5.74) is 5.28. The molecule has 3 aromatic rings. The zero-order valence-electron chi connectivity index (χ0n) is 17.1. The fourth-order valence-electron chi connectivity index (χ4n) is 3.38. The second-order valence-electron chi connectivity index (χ2n) is 7.16. The third kappa shape index (κ3) is 4.63. The van der Waals surface area contributed by atoms with Crippen LogP contribution in [-0.4, -0.2) is 34.4 Å². The number of para-hydroxylation sites is 1. The summed E-state index contributed by atoms with van der Waals surface area (Å²) in [6.45, 7) is 4.72. The summed E-state index contributed by atoms with van der Waals surface area (Å²) < 4.78 is 1.95. The molecule has 0 spiro atoms. The highest BCUT2D eigenvalue weighted by atomic mass is 15.4. The highest BCUT2D eigenvalue weighted by molar-refractivity contribution is 5.81. The van der Waals surface area contributed by atoms with Gasteiger partial charge < -0.3 is 4.57 Å². The van der Waals surface area contributed by atoms with E-state index in [1.54, 1.807) is 12.4 Å². The Balaban J connectivity index is 1.50. The predicted octanol–water partition coefficient (Wildman–Crippen LogP) is 4.50. The lowest BCUT2D eigenvalue weighted by molar-refractivity contribution is 0.341. The van der Waals surface area contributed by atoms with Crippen molar-refractivity contribution in [1.29, 1.82) is 0 Å². The predicted molar refractivity (Wildman–Crippen MR) is 125 cm³/mol. The molecule has 1 aliphatic rings. The van der Waals surface area contributed by atoms with Gasteiger partial charge in [-0.15, -0.1) is 0 Å². The third-order valence-corrected chi connectivity index (χ3v) is 5.03. The number of aromatic nitrogens is 2. The van der Waals surface area contributed by atoms with Gasteiger partial charge in [-0.3, -0.25) is 15.0 Å². The molecular weight excluding hydrogens is 370 g/mol. The van der Waals surface area contributed by atoms with Gasteiger partial charge in [0.25, 0.3) is 0 Å². The van der Waals surface area contributed by atoms with E-state index in [9.17, 15) is 0 Å². The summed E-state index contributed by atoms with van der Waals surface area (Å²) in [5.74, 6) is 0. The highest BCUT2D eigenvalue weighted by Crippen LogP contribution is 2.17. The van der Waals surface area contributed by atoms with Crippen molar-refractivity contribution in [3.8, 4) is 0 Å². The molecule has 30 heavy (non-hydrogen) atoms. The first-order valence-electron chi connectivity index (χ1n) is 10.1. The van der Waals surface area contributed by atoms with Gasteiger partial charge in [-0.2, -0.15) is 5.10 Å². The second-order valence-corrected chi connectivity index (χ2v) is 7.16. The van der Waals surface area contributed by atoms with Gasteiger partial charge in [0.1, 0.15) is 0 Å². The summed E-state index contributed by atoms with van der Waals surface area (Å²) in [6.07, 6.45) is 13.2. The molecule has 1 aliphatic heterocycles. The zero-order valence-corrected chi connectivity index (χ0v) is 17.1. The van der Waals surface area contributed by atoms with Gasteiger partial charge in [-0.1, -0.05) is 36.9 Å². The Hall–Kier alpha value is -3.73. The van der Waals surface area contributed by atoms with Crippen LogP contribution in [0.25, 0.3) is 22.7 Å². The zero-order chi connectivity index (χ0) is 20.8. The van der Waals surface area contributed by atoms with E-state index in [-0.39, 0.29) is 0 Å². The van der Waals surface area contributed by atoms with Crippen molar-refractivity contribution in [1.82, 2.24) is 14.6 Å². The minimum absolute atomic E-state index is 0.774. The van der Waals surface area contributed by atoms with Gasteiger partial charge in [-0.05, 0) is 41.5 Å². The normalized spacial score (nSPS) is 13.9. The Morgan fingerprint density at radius 2 is 2.07 bits per heavy atom. The van der Waals surface area contributed by atoms with E-state index in [0.29, 0.717) is 0 Å². The molecule has 5 nitrogen and oxygen atoms in total. The lowest BCUT2D eigenvalue weighted by Gasteiger charge is -2.14. The average Bonchev–Trinajstić information content (AvgIpc) is 3.07. The van der Waals surface area contributed by atoms with E-state index in [0.717, 1.165) is 47.0 Å². The van der Waals surface area contributed by atoms with E-state index in [4.69, 9.17) is 10.1 Å². The Morgan fingerprint density at radius 3 is 2.97 bits per heavy atom. The van der Waals surface area contributed by atoms with Gasteiger partial charge >= 0.3 is 0 Å². The average molecular weight is 396 g/mol. The first-order chi connectivity index (χ1) is 14.7. The van der Waals surface area contributed by atoms with E-state index in [1.165, 1.54) is 5.57 Å². The lowest BCUT2D eigenvalue weighted by Crippen LogP contribution is -2.24. The molecule has 0 saturated heterocycles. The Morgan fingerprint density at radius 1 is 1.17 bits per heavy atom. The van der Waals surface area contributed by atoms with Crippen LogP contribution in [0.1, 0.15) is 17.7 Å². The molecule has 0 atom stereocenters. The molecule has 0 bridgehead atoms. The first-order valence-corrected chi connectivity index (χ1v) is 10.1. The van der Waals surface area contributed by atoms with E-state index in [1.807, 2.05) is 53.2 Å². The number of allylic oxidation sites excluding steroid dienone is 3. The molecule has 5 heteroatoms. The maximum Gasteiger partial charge on any atom is 0.156 e. The first kappa shape index (κ1) is 19.6. The highest BCUT2D eigenvalue weighted by Gasteiger charge is 2.04. The quantitative estimate of drug-likeness (QED) is 0.577. The van der Waals surface area contributed by atoms with E-state index in [2.05, 4.69) is 48.1 Å². The molecule has 3 heterocycles. The Labute approximate surface area is 176 Å². The van der Waals surface area contributed by atoms with Crippen molar-refractivity contribution >= 4 is 28.9 Å². The molecule has 0 amide bonds. The van der Waals surface area contributed by atoms with Crippen LogP contribution in [-0.2, 0) is 6.42 Å². The Bertz CT molecular complexity index is 1210. The van der Waals surface area contributed by atoms with Gasteiger partial charge in [-0.25, -0.2) is 0 Å². The smallest absolute Gasteiger partial charge is 0.156 e. The van der Waals surface area contributed by atoms with Crippen LogP contribution >= 0.6 is 0 Å². The van der Waals surface area contributed by atoms with Crippen LogP contribution in [0.3, 0.4) is 0 Å². The fraction of sp³-hybridized carbons (Fsp3) is 0.160. The Kier molecular flexibility index (Phi) is 5.99. The third-order valence-electron chi connectivity index (χ3n) is 5.03. The number of aliphatic imine (C=N–C) groups is 1. The monoisotopic (exact) mass is 395 g/mol. The van der Waals surface area contributed by atoms with Crippen LogP contribution in [0.5, 0.6) is 0 Å². The largest absolute Gasteiger partial charge is 0.307 e. The molecular formula is C25H25N5. The van der Waals surface area contributed by atoms with Crippen LogP contribution < -0.4 is 5.49 Å². The van der Waals surface area contributed by atoms with Crippen LogP contribution in [0, 0.1) is 0 Å². The minimum Gasteiger partial charge on any atom is -0.307 e. The minimum atomic E-state index is 0.774. The molecule has 0 N–H and O–H groups in total. The van der Waals surface area contributed by atoms with Gasteiger partial charge in [0, 0.05) is 62.3 Å². The molecule has 150 valence electrons. The van der Waals surface area contributed by atoms with Crippen molar-refractivity contribution in [2.75, 3.05) is 13.6 Å². The summed E-state index contributed by atoms with van der Waals surface area (Å²) in [6, 6.07) is 16.5. The number of fused-ring (bicyclic) bond motifs is 1. The van der Waals surface area contributed by atoms with Crippen molar-refractivity contribution in [3.05, 3.63) is 96.4 Å². The lowest BCUT2D eigenvalue weighted by atomic mass is 10.1. The van der Waals surface area contributed by atoms with Crippen molar-refractivity contribution in [3.63, 3.8) is 0 Å². The number of nitrogens with zero attached hydrogens (tertiary/aromatic N) is 5. The number of hydrogen-bond acceptors (Lipinski definition) is 4. The number of benzene rings is 1. The fourth-order valence-corrected chi connectivity index (χ4v) is 3.38. The van der Waals surface area contributed by atoms with Crippen LogP contribution in [0.4, 0.5) is 0 Å². The summed E-state index contributed by atoms with van der Waals surface area (Å²) >= 11 is 0. The van der Waals surface area contributed by atoms with E-state index >= 15 is 0 Å². The topological polar surface area (TPSA) is 45.8 Å². The molecule has 1 aromatic carbocycles. The summed E-state index contributed by atoms with van der Waals surface area (Å²) in [5, 5.41) is 7.86. The molecule has 0 unspecified atom stereocenters. The van der Waals surface area contributed by atoms with Crippen LogP contribution in [0.2, 0.25) is 0 Å². The second kappa shape index (κ2) is 9.18. The molecule has 4 rings (SSSR count). The molecule has 0 aliphatic carbocycles. The van der Waals surface area contributed by atoms with Crippen LogP contribution in [0.15, 0.2) is 89.8 Å². The summed E-state index contributed by atoms with van der Waals surface area (Å²) in [7, 11) is 1.98. The van der Waals surface area contributed by atoms with Gasteiger partial charge in [0.2, 0.25) is 0 Å².